The van der Waals surface area contributed by atoms with Crippen LogP contribution < -0.4 is 10.5 Å². The molecule has 1 aliphatic heterocycles. The molecule has 2 aromatic rings. The van der Waals surface area contributed by atoms with Gasteiger partial charge in [0.15, 0.2) is 0 Å². The Balaban J connectivity index is 1.92. The van der Waals surface area contributed by atoms with E-state index in [2.05, 4.69) is 32.1 Å². The van der Waals surface area contributed by atoms with E-state index < -0.39 is 0 Å². The molecular formula is C12H11BrN4OS. The van der Waals surface area contributed by atoms with Gasteiger partial charge in [-0.15, -0.1) is 5.10 Å². The number of aromatic nitrogens is 3. The van der Waals surface area contributed by atoms with Gasteiger partial charge in [0.1, 0.15) is 17.1 Å². The van der Waals surface area contributed by atoms with Crippen LogP contribution in [0.2, 0.25) is 0 Å². The van der Waals surface area contributed by atoms with Crippen molar-refractivity contribution in [2.45, 2.75) is 13.0 Å². The summed E-state index contributed by atoms with van der Waals surface area (Å²) in [7, 11) is 0. The number of halogens is 1. The van der Waals surface area contributed by atoms with Crippen LogP contribution in [-0.4, -0.2) is 26.4 Å². The van der Waals surface area contributed by atoms with Crippen molar-refractivity contribution in [2.24, 2.45) is 5.73 Å². The highest BCUT2D eigenvalue weighted by Gasteiger charge is 2.18. The van der Waals surface area contributed by atoms with Gasteiger partial charge in [0.25, 0.3) is 0 Å². The van der Waals surface area contributed by atoms with Crippen LogP contribution in [0, 0.1) is 0 Å². The Morgan fingerprint density at radius 2 is 2.37 bits per heavy atom. The third kappa shape index (κ3) is 2.48. The number of ether oxygens (including phenoxy) is 1. The lowest BCUT2D eigenvalue weighted by Gasteiger charge is -2.08. The maximum absolute atomic E-state index is 5.68. The van der Waals surface area contributed by atoms with Crippen LogP contribution in [0.15, 0.2) is 22.9 Å². The summed E-state index contributed by atoms with van der Waals surface area (Å²) in [6.07, 6.45) is 2.56. The lowest BCUT2D eigenvalue weighted by Crippen LogP contribution is -2.12. The number of fused-ring (bicyclic) bond motifs is 1. The third-order valence-corrected chi connectivity index (χ3v) is 3.55. The van der Waals surface area contributed by atoms with Crippen molar-refractivity contribution in [2.75, 3.05) is 6.61 Å². The maximum atomic E-state index is 5.68. The van der Waals surface area contributed by atoms with Crippen LogP contribution in [0.3, 0.4) is 0 Å². The maximum Gasteiger partial charge on any atom is 0.208 e. The Bertz CT molecular complexity index is 655. The molecule has 0 bridgehead atoms. The zero-order chi connectivity index (χ0) is 13.4. The molecule has 0 saturated heterocycles. The molecule has 0 radical (unpaired) electrons. The van der Waals surface area contributed by atoms with Crippen LogP contribution in [0.1, 0.15) is 17.0 Å². The van der Waals surface area contributed by atoms with Crippen LogP contribution in [-0.2, 0) is 13.0 Å². The number of hydrogen-bond donors (Lipinski definition) is 1. The van der Waals surface area contributed by atoms with Gasteiger partial charge in [0.05, 0.1) is 13.2 Å². The van der Waals surface area contributed by atoms with Crippen LogP contribution in [0.25, 0.3) is 0 Å². The predicted octanol–water partition coefficient (Wildman–Crippen LogP) is 1.66. The fourth-order valence-electron chi connectivity index (χ4n) is 2.12. The number of rotatable bonds is 3. The molecule has 5 nitrogen and oxygen atoms in total. The quantitative estimate of drug-likeness (QED) is 0.862. The highest BCUT2D eigenvalue weighted by Crippen LogP contribution is 2.33. The molecule has 98 valence electrons. The molecule has 1 aliphatic rings. The van der Waals surface area contributed by atoms with Gasteiger partial charge in [-0.1, -0.05) is 28.1 Å². The van der Waals surface area contributed by atoms with Gasteiger partial charge in [-0.25, -0.2) is 9.67 Å². The zero-order valence-electron chi connectivity index (χ0n) is 9.97. The monoisotopic (exact) mass is 338 g/mol. The van der Waals surface area contributed by atoms with E-state index in [-0.39, 0.29) is 4.99 Å². The normalized spacial score (nSPS) is 13.1. The van der Waals surface area contributed by atoms with Gasteiger partial charge in [0, 0.05) is 16.5 Å². The fraction of sp³-hybridized carbons (Fsp3) is 0.250. The van der Waals surface area contributed by atoms with Crippen molar-refractivity contribution in [1.82, 2.24) is 14.8 Å². The van der Waals surface area contributed by atoms with Gasteiger partial charge in [-0.3, -0.25) is 0 Å². The minimum absolute atomic E-state index is 0.203. The predicted molar refractivity (Wildman–Crippen MR) is 78.4 cm³/mol. The smallest absolute Gasteiger partial charge is 0.208 e. The van der Waals surface area contributed by atoms with Gasteiger partial charge >= 0.3 is 0 Å². The van der Waals surface area contributed by atoms with Gasteiger partial charge < -0.3 is 10.5 Å². The summed E-state index contributed by atoms with van der Waals surface area (Å²) in [6, 6.07) is 4.12. The number of thiocarbonyl (C=S) groups is 1. The first-order chi connectivity index (χ1) is 9.13. The molecule has 0 unspecified atom stereocenters. The van der Waals surface area contributed by atoms with E-state index in [9.17, 15) is 0 Å². The van der Waals surface area contributed by atoms with E-state index in [0.717, 1.165) is 28.8 Å². The number of nitrogens with zero attached hydrogens (tertiary/aromatic N) is 3. The van der Waals surface area contributed by atoms with E-state index in [1.165, 1.54) is 5.56 Å². The standard InChI is InChI=1S/C12H11BrN4OS/c13-9-3-7-1-2-18-10(7)8(4-9)5-17-6-15-12(16-17)11(14)19/h3-4,6H,1-2,5H2,(H2,14,19). The number of nitrogens with two attached hydrogens (primary N) is 1. The molecule has 1 aromatic heterocycles. The minimum Gasteiger partial charge on any atom is -0.493 e. The largest absolute Gasteiger partial charge is 0.493 e. The summed E-state index contributed by atoms with van der Waals surface area (Å²) in [5.74, 6) is 1.35. The van der Waals surface area contributed by atoms with Gasteiger partial charge in [-0.2, -0.15) is 0 Å². The molecule has 0 amide bonds. The first kappa shape index (κ1) is 12.6. The SMILES string of the molecule is NC(=S)c1ncn(Cc2cc(Br)cc3c2OCC3)n1. The van der Waals surface area contributed by atoms with Crippen molar-refractivity contribution >= 4 is 33.1 Å². The Kier molecular flexibility index (Phi) is 3.24. The van der Waals surface area contributed by atoms with Crippen LogP contribution in [0.5, 0.6) is 5.75 Å². The second-order valence-electron chi connectivity index (χ2n) is 4.28. The summed E-state index contributed by atoms with van der Waals surface area (Å²) in [4.78, 5) is 4.26. The van der Waals surface area contributed by atoms with E-state index >= 15 is 0 Å². The topological polar surface area (TPSA) is 66.0 Å². The fourth-order valence-corrected chi connectivity index (χ4v) is 2.77. The minimum atomic E-state index is 0.203. The van der Waals surface area contributed by atoms with Crippen molar-refractivity contribution in [3.05, 3.63) is 39.9 Å². The molecule has 0 saturated carbocycles. The Labute approximate surface area is 123 Å². The zero-order valence-corrected chi connectivity index (χ0v) is 12.4. The summed E-state index contributed by atoms with van der Waals surface area (Å²) in [5, 5.41) is 4.23. The molecular weight excluding hydrogens is 328 g/mol. The summed E-state index contributed by atoms with van der Waals surface area (Å²) in [5.41, 5.74) is 7.79. The highest BCUT2D eigenvalue weighted by atomic mass is 79.9. The molecule has 0 fully saturated rings. The number of benzene rings is 1. The second kappa shape index (κ2) is 4.90. The summed E-state index contributed by atoms with van der Waals surface area (Å²) < 4.78 is 8.43. The lowest BCUT2D eigenvalue weighted by molar-refractivity contribution is 0.352. The van der Waals surface area contributed by atoms with Crippen molar-refractivity contribution in [1.29, 1.82) is 0 Å². The van der Waals surface area contributed by atoms with Crippen molar-refractivity contribution < 1.29 is 4.74 Å². The van der Waals surface area contributed by atoms with Gasteiger partial charge in [-0.05, 0) is 17.7 Å². The van der Waals surface area contributed by atoms with Gasteiger partial charge in [0.2, 0.25) is 5.82 Å². The summed E-state index contributed by atoms with van der Waals surface area (Å²) >= 11 is 8.36. The Morgan fingerprint density at radius 1 is 1.53 bits per heavy atom. The molecule has 0 spiro atoms. The molecule has 2 N–H and O–H groups in total. The van der Waals surface area contributed by atoms with Crippen molar-refractivity contribution in [3.8, 4) is 5.75 Å². The highest BCUT2D eigenvalue weighted by molar-refractivity contribution is 9.10. The Hall–Kier alpha value is -1.47. The van der Waals surface area contributed by atoms with E-state index in [1.54, 1.807) is 11.0 Å². The second-order valence-corrected chi connectivity index (χ2v) is 5.64. The average molecular weight is 339 g/mol. The summed E-state index contributed by atoms with van der Waals surface area (Å²) in [6.45, 7) is 1.31. The molecule has 0 aliphatic carbocycles. The number of hydrogen-bond acceptors (Lipinski definition) is 4. The molecule has 3 rings (SSSR count). The molecule has 0 atom stereocenters. The van der Waals surface area contributed by atoms with Crippen LogP contribution >= 0.6 is 28.1 Å². The van der Waals surface area contributed by atoms with E-state index in [1.807, 2.05) is 6.07 Å². The van der Waals surface area contributed by atoms with E-state index in [4.69, 9.17) is 22.7 Å². The molecule has 7 heteroatoms. The molecule has 1 aromatic carbocycles. The molecule has 19 heavy (non-hydrogen) atoms. The first-order valence-electron chi connectivity index (χ1n) is 5.77. The first-order valence-corrected chi connectivity index (χ1v) is 6.97. The van der Waals surface area contributed by atoms with Crippen LogP contribution in [0.4, 0.5) is 0 Å². The van der Waals surface area contributed by atoms with Crippen molar-refractivity contribution in [3.63, 3.8) is 0 Å². The lowest BCUT2D eigenvalue weighted by atomic mass is 10.1. The third-order valence-electron chi connectivity index (χ3n) is 2.91. The Morgan fingerprint density at radius 3 is 3.11 bits per heavy atom. The average Bonchev–Trinajstić information content (AvgIpc) is 2.96. The molecule has 2 heterocycles. The van der Waals surface area contributed by atoms with E-state index in [0.29, 0.717) is 12.4 Å².